The van der Waals surface area contributed by atoms with Gasteiger partial charge < -0.3 is 0 Å². The fraction of sp³-hybridized carbons (Fsp3) is 0.100. The number of hydrogen-bond acceptors (Lipinski definition) is 5. The van der Waals surface area contributed by atoms with E-state index in [9.17, 15) is 4.79 Å². The number of nitrogens with one attached hydrogen (secondary N) is 1. The van der Waals surface area contributed by atoms with Gasteiger partial charge in [0.2, 0.25) is 5.95 Å². The number of amides is 1. The van der Waals surface area contributed by atoms with E-state index >= 15 is 0 Å². The zero-order valence-electron chi connectivity index (χ0n) is 14.7. The summed E-state index contributed by atoms with van der Waals surface area (Å²) in [6.07, 6.45) is 2.30. The molecule has 2 aromatic heterocycles. The second-order valence-electron chi connectivity index (χ2n) is 6.14. The third-order valence-corrected chi connectivity index (χ3v) is 5.38. The normalized spacial score (nSPS) is 10.8. The number of rotatable bonds is 6. The standard InChI is InChI=1S/C20H16BrN5OS/c21-16-8-6-15(7-9-16)11-26-13-22-20(25-26)24-19(27)17-12-28-18(23-17)10-14-4-2-1-3-5-14/h1-9,12-13H,10-11H2,(H,24,25,27). The van der Waals surface area contributed by atoms with E-state index < -0.39 is 0 Å². The summed E-state index contributed by atoms with van der Waals surface area (Å²) in [5.74, 6) is -0.0447. The number of carbonyl (C=O) groups excluding carboxylic acids is 1. The SMILES string of the molecule is O=C(Nc1ncn(Cc2ccc(Br)cc2)n1)c1csc(Cc2ccccc2)n1. The zero-order valence-corrected chi connectivity index (χ0v) is 17.2. The molecule has 2 heterocycles. The number of nitrogens with zero attached hydrogens (tertiary/aromatic N) is 4. The van der Waals surface area contributed by atoms with Gasteiger partial charge in [-0.15, -0.1) is 16.4 Å². The monoisotopic (exact) mass is 453 g/mol. The molecule has 28 heavy (non-hydrogen) atoms. The van der Waals surface area contributed by atoms with Gasteiger partial charge in [-0.25, -0.2) is 14.6 Å². The van der Waals surface area contributed by atoms with Crippen LogP contribution in [0.4, 0.5) is 5.95 Å². The van der Waals surface area contributed by atoms with E-state index in [0.717, 1.165) is 20.6 Å². The lowest BCUT2D eigenvalue weighted by molar-refractivity contribution is 0.102. The fourth-order valence-electron chi connectivity index (χ4n) is 2.64. The fourth-order valence-corrected chi connectivity index (χ4v) is 3.71. The predicted molar refractivity (Wildman–Crippen MR) is 113 cm³/mol. The van der Waals surface area contributed by atoms with Gasteiger partial charge in [-0.1, -0.05) is 58.4 Å². The molecule has 0 atom stereocenters. The lowest BCUT2D eigenvalue weighted by Crippen LogP contribution is -2.14. The molecule has 140 valence electrons. The summed E-state index contributed by atoms with van der Waals surface area (Å²) < 4.78 is 2.71. The highest BCUT2D eigenvalue weighted by atomic mass is 79.9. The second kappa shape index (κ2) is 8.45. The van der Waals surface area contributed by atoms with Gasteiger partial charge in [-0.05, 0) is 23.3 Å². The van der Waals surface area contributed by atoms with Crippen molar-refractivity contribution in [1.29, 1.82) is 0 Å². The minimum atomic E-state index is -0.308. The van der Waals surface area contributed by atoms with E-state index in [1.165, 1.54) is 11.3 Å². The van der Waals surface area contributed by atoms with E-state index in [-0.39, 0.29) is 11.9 Å². The molecule has 4 rings (SSSR count). The first kappa shape index (κ1) is 18.5. The number of aromatic nitrogens is 4. The molecule has 6 nitrogen and oxygen atoms in total. The van der Waals surface area contributed by atoms with Crippen molar-refractivity contribution >= 4 is 39.1 Å². The average molecular weight is 454 g/mol. The van der Waals surface area contributed by atoms with Crippen LogP contribution in [0, 0.1) is 0 Å². The van der Waals surface area contributed by atoms with Crippen LogP contribution in [-0.4, -0.2) is 25.7 Å². The van der Waals surface area contributed by atoms with Crippen LogP contribution < -0.4 is 5.32 Å². The van der Waals surface area contributed by atoms with Gasteiger partial charge in [0.15, 0.2) is 0 Å². The number of halogens is 1. The Morgan fingerprint density at radius 2 is 1.86 bits per heavy atom. The molecule has 0 saturated heterocycles. The molecule has 0 aliphatic heterocycles. The number of anilines is 1. The van der Waals surface area contributed by atoms with Gasteiger partial charge in [0.1, 0.15) is 12.0 Å². The highest BCUT2D eigenvalue weighted by Gasteiger charge is 2.13. The average Bonchev–Trinajstić information content (AvgIpc) is 3.34. The van der Waals surface area contributed by atoms with Crippen molar-refractivity contribution in [3.05, 3.63) is 92.6 Å². The highest BCUT2D eigenvalue weighted by molar-refractivity contribution is 9.10. The maximum absolute atomic E-state index is 12.4. The van der Waals surface area contributed by atoms with E-state index in [1.807, 2.05) is 54.6 Å². The lowest BCUT2D eigenvalue weighted by Gasteiger charge is -2.01. The maximum atomic E-state index is 12.4. The molecule has 4 aromatic rings. The van der Waals surface area contributed by atoms with E-state index in [1.54, 1.807) is 16.4 Å². The number of benzene rings is 2. The Labute approximate surface area is 174 Å². The van der Waals surface area contributed by atoms with Gasteiger partial charge >= 0.3 is 0 Å². The molecule has 0 radical (unpaired) electrons. The summed E-state index contributed by atoms with van der Waals surface area (Å²) in [5.41, 5.74) is 2.63. The van der Waals surface area contributed by atoms with Crippen LogP contribution in [0.15, 0.2) is 70.8 Å². The van der Waals surface area contributed by atoms with E-state index in [4.69, 9.17) is 0 Å². The summed E-state index contributed by atoms with van der Waals surface area (Å²) >= 11 is 4.89. The van der Waals surface area contributed by atoms with E-state index in [2.05, 4.69) is 36.3 Å². The minimum absolute atomic E-state index is 0.264. The number of thiazole rings is 1. The quantitative estimate of drug-likeness (QED) is 0.469. The molecule has 0 spiro atoms. The largest absolute Gasteiger partial charge is 0.288 e. The Morgan fingerprint density at radius 1 is 1.07 bits per heavy atom. The molecule has 8 heteroatoms. The van der Waals surface area contributed by atoms with Crippen LogP contribution in [0.1, 0.15) is 26.6 Å². The molecule has 0 bridgehead atoms. The van der Waals surface area contributed by atoms with Crippen molar-refractivity contribution in [3.63, 3.8) is 0 Å². The zero-order chi connectivity index (χ0) is 19.3. The van der Waals surface area contributed by atoms with Crippen LogP contribution in [-0.2, 0) is 13.0 Å². The summed E-state index contributed by atoms with van der Waals surface area (Å²) in [6.45, 7) is 0.577. The predicted octanol–water partition coefficient (Wildman–Crippen LogP) is 4.39. The molecular weight excluding hydrogens is 438 g/mol. The molecule has 0 unspecified atom stereocenters. The molecule has 0 aliphatic carbocycles. The summed E-state index contributed by atoms with van der Waals surface area (Å²) in [4.78, 5) is 21.0. The van der Waals surface area contributed by atoms with Crippen molar-refractivity contribution in [2.75, 3.05) is 5.32 Å². The van der Waals surface area contributed by atoms with Crippen LogP contribution in [0.2, 0.25) is 0 Å². The summed E-state index contributed by atoms with van der Waals surface area (Å²) in [5, 5.41) is 9.66. The van der Waals surface area contributed by atoms with E-state index in [0.29, 0.717) is 18.7 Å². The van der Waals surface area contributed by atoms with Crippen LogP contribution in [0.3, 0.4) is 0 Å². The first-order chi connectivity index (χ1) is 13.7. The van der Waals surface area contributed by atoms with Gasteiger partial charge in [-0.3, -0.25) is 10.1 Å². The Morgan fingerprint density at radius 3 is 2.64 bits per heavy atom. The van der Waals surface area contributed by atoms with Gasteiger partial charge in [0, 0.05) is 16.3 Å². The first-order valence-corrected chi connectivity index (χ1v) is 10.3. The third kappa shape index (κ3) is 4.71. The summed E-state index contributed by atoms with van der Waals surface area (Å²) in [7, 11) is 0. The molecule has 1 amide bonds. The van der Waals surface area contributed by atoms with Gasteiger partial charge in [0.25, 0.3) is 5.91 Å². The van der Waals surface area contributed by atoms with Crippen molar-refractivity contribution in [3.8, 4) is 0 Å². The number of carbonyl (C=O) groups is 1. The smallest absolute Gasteiger partial charge is 0.277 e. The Balaban J connectivity index is 1.37. The lowest BCUT2D eigenvalue weighted by atomic mass is 10.2. The molecule has 0 fully saturated rings. The van der Waals surface area contributed by atoms with Crippen molar-refractivity contribution < 1.29 is 4.79 Å². The molecule has 0 saturated carbocycles. The van der Waals surface area contributed by atoms with Crippen molar-refractivity contribution in [2.24, 2.45) is 0 Å². The van der Waals surface area contributed by atoms with Crippen LogP contribution in [0.25, 0.3) is 0 Å². The van der Waals surface area contributed by atoms with Crippen LogP contribution in [0.5, 0.6) is 0 Å². The third-order valence-electron chi connectivity index (χ3n) is 4.00. The molecular formula is C20H16BrN5OS. The van der Waals surface area contributed by atoms with Crippen LogP contribution >= 0.6 is 27.3 Å². The molecule has 1 N–H and O–H groups in total. The van der Waals surface area contributed by atoms with Crippen molar-refractivity contribution in [1.82, 2.24) is 19.7 Å². The van der Waals surface area contributed by atoms with Gasteiger partial charge in [0.05, 0.1) is 11.6 Å². The molecule has 0 aliphatic rings. The Kier molecular flexibility index (Phi) is 5.59. The second-order valence-corrected chi connectivity index (χ2v) is 7.99. The first-order valence-electron chi connectivity index (χ1n) is 8.59. The Hall–Kier alpha value is -2.84. The minimum Gasteiger partial charge on any atom is -0.288 e. The molecule has 2 aromatic carbocycles. The summed E-state index contributed by atoms with van der Waals surface area (Å²) in [6, 6.07) is 18.0. The van der Waals surface area contributed by atoms with Gasteiger partial charge in [-0.2, -0.15) is 0 Å². The highest BCUT2D eigenvalue weighted by Crippen LogP contribution is 2.16. The van der Waals surface area contributed by atoms with Crippen molar-refractivity contribution in [2.45, 2.75) is 13.0 Å². The maximum Gasteiger partial charge on any atom is 0.277 e. The Bertz CT molecular complexity index is 1080. The number of hydrogen-bond donors (Lipinski definition) is 1. The topological polar surface area (TPSA) is 72.7 Å².